The van der Waals surface area contributed by atoms with Crippen molar-refractivity contribution >= 4 is 32.7 Å². The van der Waals surface area contributed by atoms with Crippen LogP contribution in [0.2, 0.25) is 0 Å². The topological polar surface area (TPSA) is 72.0 Å². The van der Waals surface area contributed by atoms with Crippen molar-refractivity contribution in [2.24, 2.45) is 0 Å². The van der Waals surface area contributed by atoms with Crippen molar-refractivity contribution in [2.75, 3.05) is 19.0 Å². The van der Waals surface area contributed by atoms with E-state index >= 15 is 0 Å². The molecule has 7 nitrogen and oxygen atoms in total. The normalized spacial score (nSPS) is 11.9. The molecule has 1 aromatic heterocycles. The summed E-state index contributed by atoms with van der Waals surface area (Å²) in [7, 11) is -0.836. The smallest absolute Gasteiger partial charge is 0.387 e. The Labute approximate surface area is 191 Å². The summed E-state index contributed by atoms with van der Waals surface area (Å²) in [6, 6.07) is 9.58. The third-order valence-corrected chi connectivity index (χ3v) is 6.99. The van der Waals surface area contributed by atoms with Crippen LogP contribution in [-0.2, 0) is 16.6 Å². The SMILES string of the molecule is CN(C)S(=O)(=O)c1ccc(N(Cc2cncs2)c2ccc(OC(F)F)c(OC(F)F)c2)cc1. The first-order valence-corrected chi connectivity index (χ1v) is 11.6. The molecule has 3 rings (SSSR count). The molecule has 0 aliphatic rings. The number of sulfonamides is 1. The van der Waals surface area contributed by atoms with Gasteiger partial charge in [-0.3, -0.25) is 4.98 Å². The van der Waals surface area contributed by atoms with Crippen molar-refractivity contribution in [1.29, 1.82) is 0 Å². The van der Waals surface area contributed by atoms with E-state index in [0.717, 1.165) is 21.3 Å². The van der Waals surface area contributed by atoms with E-state index in [4.69, 9.17) is 0 Å². The molecule has 13 heteroatoms. The molecule has 0 atom stereocenters. The Morgan fingerprint density at radius 3 is 2.09 bits per heavy atom. The minimum absolute atomic E-state index is 0.0661. The Kier molecular flexibility index (Phi) is 7.76. The number of benzene rings is 2. The maximum atomic E-state index is 12.9. The fourth-order valence-electron chi connectivity index (χ4n) is 2.86. The molecule has 0 amide bonds. The van der Waals surface area contributed by atoms with Gasteiger partial charge in [-0.15, -0.1) is 11.3 Å². The fraction of sp³-hybridized carbons (Fsp3) is 0.250. The number of thiazole rings is 1. The van der Waals surface area contributed by atoms with Gasteiger partial charge >= 0.3 is 13.2 Å². The predicted octanol–water partition coefficient (Wildman–Crippen LogP) is 4.93. The van der Waals surface area contributed by atoms with E-state index in [9.17, 15) is 26.0 Å². The van der Waals surface area contributed by atoms with Gasteiger partial charge in [-0.1, -0.05) is 0 Å². The van der Waals surface area contributed by atoms with Gasteiger partial charge in [-0.05, 0) is 36.4 Å². The van der Waals surface area contributed by atoms with Gasteiger partial charge in [-0.25, -0.2) is 12.7 Å². The molecule has 0 saturated carbocycles. The van der Waals surface area contributed by atoms with Gasteiger partial charge in [0.2, 0.25) is 10.0 Å². The van der Waals surface area contributed by atoms with Gasteiger partial charge in [0.25, 0.3) is 0 Å². The van der Waals surface area contributed by atoms with Crippen molar-refractivity contribution in [3.8, 4) is 11.5 Å². The highest BCUT2D eigenvalue weighted by molar-refractivity contribution is 7.89. The molecule has 0 fully saturated rings. The van der Waals surface area contributed by atoms with E-state index in [-0.39, 0.29) is 11.4 Å². The van der Waals surface area contributed by atoms with Crippen LogP contribution in [0.25, 0.3) is 0 Å². The molecule has 0 radical (unpaired) electrons. The molecule has 0 spiro atoms. The summed E-state index contributed by atoms with van der Waals surface area (Å²) in [5.74, 6) is -1.11. The predicted molar refractivity (Wildman–Crippen MR) is 115 cm³/mol. The molecule has 0 saturated heterocycles. The van der Waals surface area contributed by atoms with Crippen molar-refractivity contribution in [2.45, 2.75) is 24.7 Å². The second-order valence-electron chi connectivity index (χ2n) is 6.72. The summed E-state index contributed by atoms with van der Waals surface area (Å²) in [6.07, 6.45) is 1.62. The summed E-state index contributed by atoms with van der Waals surface area (Å²) in [4.78, 5) is 6.56. The Balaban J connectivity index is 2.04. The molecule has 0 aliphatic carbocycles. The number of halogens is 4. The Bertz CT molecular complexity index is 1160. The molecule has 3 aromatic rings. The number of nitrogens with zero attached hydrogens (tertiary/aromatic N) is 3. The quantitative estimate of drug-likeness (QED) is 0.364. The zero-order valence-corrected chi connectivity index (χ0v) is 19.0. The Hall–Kier alpha value is -2.90. The number of aromatic nitrogens is 1. The van der Waals surface area contributed by atoms with Gasteiger partial charge in [0.1, 0.15) is 0 Å². The van der Waals surface area contributed by atoms with Gasteiger partial charge in [0, 0.05) is 42.6 Å². The summed E-state index contributed by atoms with van der Waals surface area (Å²) < 4.78 is 85.5. The van der Waals surface area contributed by atoms with Crippen LogP contribution in [0, 0.1) is 0 Å². The summed E-state index contributed by atoms with van der Waals surface area (Å²) in [6.45, 7) is -6.24. The van der Waals surface area contributed by atoms with Gasteiger partial charge in [0.05, 0.1) is 17.0 Å². The molecule has 0 bridgehead atoms. The molecule has 2 aromatic carbocycles. The number of ether oxygens (including phenoxy) is 2. The summed E-state index contributed by atoms with van der Waals surface area (Å²) in [5.41, 5.74) is 2.46. The number of anilines is 2. The minimum atomic E-state index is -3.66. The number of rotatable bonds is 10. The Morgan fingerprint density at radius 2 is 1.55 bits per heavy atom. The molecular formula is C20H19F4N3O4S2. The van der Waals surface area contributed by atoms with Gasteiger partial charge in [-0.2, -0.15) is 17.6 Å². The van der Waals surface area contributed by atoms with Crippen LogP contribution in [0.4, 0.5) is 28.9 Å². The first-order chi connectivity index (χ1) is 15.6. The van der Waals surface area contributed by atoms with Gasteiger partial charge < -0.3 is 14.4 Å². The molecule has 0 N–H and O–H groups in total. The van der Waals surface area contributed by atoms with E-state index in [1.54, 1.807) is 28.7 Å². The lowest BCUT2D eigenvalue weighted by Gasteiger charge is -2.26. The highest BCUT2D eigenvalue weighted by Gasteiger charge is 2.21. The first kappa shape index (κ1) is 24.7. The monoisotopic (exact) mass is 505 g/mol. The second-order valence-corrected chi connectivity index (χ2v) is 9.85. The lowest BCUT2D eigenvalue weighted by atomic mass is 10.2. The lowest BCUT2D eigenvalue weighted by molar-refractivity contribution is -0.0692. The zero-order valence-electron chi connectivity index (χ0n) is 17.4. The zero-order chi connectivity index (χ0) is 24.2. The average Bonchev–Trinajstić information content (AvgIpc) is 3.26. The molecule has 0 aliphatic heterocycles. The third-order valence-electron chi connectivity index (χ3n) is 4.40. The van der Waals surface area contributed by atoms with Crippen molar-refractivity contribution in [3.05, 3.63) is 59.0 Å². The molecule has 0 unspecified atom stereocenters. The van der Waals surface area contributed by atoms with Crippen molar-refractivity contribution in [1.82, 2.24) is 9.29 Å². The van der Waals surface area contributed by atoms with Crippen LogP contribution in [0.1, 0.15) is 4.88 Å². The summed E-state index contributed by atoms with van der Waals surface area (Å²) >= 11 is 1.35. The van der Waals surface area contributed by atoms with Crippen molar-refractivity contribution < 1.29 is 35.5 Å². The maximum Gasteiger partial charge on any atom is 0.387 e. The number of alkyl halides is 4. The van der Waals surface area contributed by atoms with Crippen LogP contribution >= 0.6 is 11.3 Å². The van der Waals surface area contributed by atoms with E-state index in [1.807, 2.05) is 0 Å². The van der Waals surface area contributed by atoms with Gasteiger partial charge in [0.15, 0.2) is 11.5 Å². The largest absolute Gasteiger partial charge is 0.431 e. The van der Waals surface area contributed by atoms with Crippen LogP contribution in [0.15, 0.2) is 59.1 Å². The standard InChI is InChI=1S/C20H19F4N3O4S2/c1-26(2)33(28,29)16-6-3-13(4-7-16)27(11-15-10-25-12-32-15)14-5-8-17(30-19(21)22)18(9-14)31-20(23)24/h3-10,12,19-20H,11H2,1-2H3. The van der Waals surface area contributed by atoms with Crippen LogP contribution in [0.5, 0.6) is 11.5 Å². The lowest BCUT2D eigenvalue weighted by Crippen LogP contribution is -2.22. The van der Waals surface area contributed by atoms with E-state index in [1.165, 1.54) is 43.6 Å². The third kappa shape index (κ3) is 6.12. The van der Waals surface area contributed by atoms with E-state index < -0.39 is 34.7 Å². The highest BCUT2D eigenvalue weighted by Crippen LogP contribution is 2.38. The first-order valence-electron chi connectivity index (χ1n) is 9.29. The minimum Gasteiger partial charge on any atom is -0.431 e. The number of hydrogen-bond acceptors (Lipinski definition) is 7. The Morgan fingerprint density at radius 1 is 0.939 bits per heavy atom. The number of hydrogen-bond donors (Lipinski definition) is 0. The molecule has 33 heavy (non-hydrogen) atoms. The van der Waals surface area contributed by atoms with Crippen LogP contribution < -0.4 is 14.4 Å². The fourth-order valence-corrected chi connectivity index (χ4v) is 4.35. The molecular weight excluding hydrogens is 486 g/mol. The van der Waals surface area contributed by atoms with Crippen LogP contribution in [-0.4, -0.2) is 45.0 Å². The second kappa shape index (κ2) is 10.4. The van der Waals surface area contributed by atoms with Crippen molar-refractivity contribution in [3.63, 3.8) is 0 Å². The summed E-state index contributed by atoms with van der Waals surface area (Å²) in [5, 5.41) is 0. The van der Waals surface area contributed by atoms with Crippen LogP contribution in [0.3, 0.4) is 0 Å². The van der Waals surface area contributed by atoms with E-state index in [0.29, 0.717) is 11.4 Å². The highest BCUT2D eigenvalue weighted by atomic mass is 32.2. The maximum absolute atomic E-state index is 12.9. The molecule has 178 valence electrons. The van der Waals surface area contributed by atoms with E-state index in [2.05, 4.69) is 14.5 Å². The molecule has 1 heterocycles. The average molecular weight is 506 g/mol.